The average molecular weight is 250 g/mol. The summed E-state index contributed by atoms with van der Waals surface area (Å²) in [4.78, 5) is 53.8. The lowest BCUT2D eigenvalue weighted by molar-refractivity contribution is 0.398. The molecular weight excluding hydrogens is 240 g/mol. The van der Waals surface area contributed by atoms with E-state index >= 15 is 0 Å². The fourth-order valence-corrected chi connectivity index (χ4v) is 1.33. The molecule has 0 aromatic carbocycles. The maximum absolute atomic E-state index is 10.2. The summed E-state index contributed by atoms with van der Waals surface area (Å²) < 4.78 is 0. The number of nitrogens with zero attached hydrogens (tertiary/aromatic N) is 4. The Hall–Kier alpha value is -2.48. The Morgan fingerprint density at radius 2 is 1.44 bits per heavy atom. The summed E-state index contributed by atoms with van der Waals surface area (Å²) in [5.74, 6) is -0.378. The molecule has 0 aliphatic heterocycles. The third-order valence-corrected chi connectivity index (χ3v) is 2.12. The van der Waals surface area contributed by atoms with Gasteiger partial charge < -0.3 is 0 Å². The van der Waals surface area contributed by atoms with E-state index < -0.39 is 12.2 Å². The van der Waals surface area contributed by atoms with Gasteiger partial charge in [-0.25, -0.2) is 29.2 Å². The molecule has 0 heterocycles. The quantitative estimate of drug-likeness (QED) is 0.446. The predicted octanol–water partition coefficient (Wildman–Crippen LogP) is 0.0505. The highest BCUT2D eigenvalue weighted by atomic mass is 16.1. The molecule has 2 unspecified atom stereocenters. The van der Waals surface area contributed by atoms with Crippen LogP contribution < -0.4 is 0 Å². The van der Waals surface area contributed by atoms with E-state index in [1.807, 2.05) is 0 Å². The van der Waals surface area contributed by atoms with Crippen molar-refractivity contribution in [3.63, 3.8) is 0 Å². The van der Waals surface area contributed by atoms with Gasteiger partial charge in [-0.2, -0.15) is 9.98 Å². The topological polar surface area (TPSA) is 118 Å². The molecule has 0 aliphatic carbocycles. The average Bonchev–Trinajstić information content (AvgIpc) is 2.36. The van der Waals surface area contributed by atoms with Gasteiger partial charge in [-0.1, -0.05) is 6.92 Å². The minimum Gasteiger partial charge on any atom is -0.211 e. The first-order chi connectivity index (χ1) is 8.69. The van der Waals surface area contributed by atoms with Crippen molar-refractivity contribution in [2.45, 2.75) is 25.6 Å². The maximum atomic E-state index is 10.2. The number of carbonyl (C=O) groups excluding carboxylic acids is 4. The molecule has 0 spiro atoms. The molecule has 8 heteroatoms. The van der Waals surface area contributed by atoms with Gasteiger partial charge in [-0.15, -0.1) is 0 Å². The number of hydrogen-bond donors (Lipinski definition) is 0. The number of aliphatic imine (C=N–C) groups is 4. The zero-order valence-electron chi connectivity index (χ0n) is 9.57. The lowest BCUT2D eigenvalue weighted by Gasteiger charge is -2.16. The Bertz CT molecular complexity index is 434. The summed E-state index contributed by atoms with van der Waals surface area (Å²) in [5.41, 5.74) is 0. The molecule has 0 saturated heterocycles. The second-order valence-corrected chi connectivity index (χ2v) is 3.37. The first-order valence-corrected chi connectivity index (χ1v) is 4.94. The minimum absolute atomic E-state index is 0.0363. The highest BCUT2D eigenvalue weighted by Gasteiger charge is 2.20. The lowest BCUT2D eigenvalue weighted by atomic mass is 9.99. The molecule has 8 nitrogen and oxygen atoms in total. The molecule has 0 aromatic heterocycles. The Morgan fingerprint density at radius 1 is 0.889 bits per heavy atom. The largest absolute Gasteiger partial charge is 0.237 e. The number of rotatable bonds is 8. The first-order valence-electron chi connectivity index (χ1n) is 4.94. The number of hydrogen-bond acceptors (Lipinski definition) is 8. The summed E-state index contributed by atoms with van der Waals surface area (Å²) >= 11 is 0. The lowest BCUT2D eigenvalue weighted by Crippen LogP contribution is -2.21. The molecule has 0 fully saturated rings. The van der Waals surface area contributed by atoms with Gasteiger partial charge in [0.2, 0.25) is 24.3 Å². The highest BCUT2D eigenvalue weighted by molar-refractivity contribution is 5.37. The predicted molar refractivity (Wildman–Crippen MR) is 58.7 cm³/mol. The standard InChI is InChI=1S/C10H10N4O4/c1-8(10(13-6-17)14-7-18)2-9(12-5-16)3-11-4-15/h8-10H,2-3H2,1H3. The van der Waals surface area contributed by atoms with Crippen LogP contribution in [0.5, 0.6) is 0 Å². The SMILES string of the molecule is CC(CC(CN=C=O)N=C=O)C(N=C=O)N=C=O. The molecule has 2 atom stereocenters. The second-order valence-electron chi connectivity index (χ2n) is 3.37. The number of isocyanates is 4. The van der Waals surface area contributed by atoms with Crippen LogP contribution in [0.4, 0.5) is 0 Å². The van der Waals surface area contributed by atoms with Crippen LogP contribution in [0.15, 0.2) is 20.0 Å². The third-order valence-electron chi connectivity index (χ3n) is 2.12. The molecule has 0 rings (SSSR count). The Kier molecular flexibility index (Phi) is 8.39. The first kappa shape index (κ1) is 15.5. The Morgan fingerprint density at radius 3 is 1.89 bits per heavy atom. The van der Waals surface area contributed by atoms with Gasteiger partial charge in [0.25, 0.3) is 0 Å². The van der Waals surface area contributed by atoms with Crippen molar-refractivity contribution in [3.8, 4) is 0 Å². The van der Waals surface area contributed by atoms with E-state index in [1.54, 1.807) is 6.92 Å². The maximum Gasteiger partial charge on any atom is 0.237 e. The molecule has 0 aliphatic rings. The van der Waals surface area contributed by atoms with E-state index in [9.17, 15) is 19.2 Å². The van der Waals surface area contributed by atoms with E-state index in [-0.39, 0.29) is 18.9 Å². The van der Waals surface area contributed by atoms with E-state index in [0.29, 0.717) is 0 Å². The summed E-state index contributed by atoms with van der Waals surface area (Å²) in [7, 11) is 0. The van der Waals surface area contributed by atoms with E-state index in [4.69, 9.17) is 0 Å². The summed E-state index contributed by atoms with van der Waals surface area (Å²) in [5, 5.41) is 0. The van der Waals surface area contributed by atoms with Gasteiger partial charge in [0.05, 0.1) is 12.6 Å². The van der Waals surface area contributed by atoms with Crippen molar-refractivity contribution in [2.24, 2.45) is 25.9 Å². The highest BCUT2D eigenvalue weighted by Crippen LogP contribution is 2.16. The summed E-state index contributed by atoms with van der Waals surface area (Å²) in [6.07, 6.45) is 4.56. The van der Waals surface area contributed by atoms with Crippen LogP contribution >= 0.6 is 0 Å². The Labute approximate surface area is 102 Å². The van der Waals surface area contributed by atoms with Crippen molar-refractivity contribution in [2.75, 3.05) is 6.54 Å². The Balaban J connectivity index is 4.77. The van der Waals surface area contributed by atoms with Crippen LogP contribution in [0.3, 0.4) is 0 Å². The molecule has 0 bridgehead atoms. The molecular formula is C10H10N4O4. The van der Waals surface area contributed by atoms with Gasteiger partial charge in [0, 0.05) is 5.92 Å². The van der Waals surface area contributed by atoms with Crippen LogP contribution in [0, 0.1) is 5.92 Å². The van der Waals surface area contributed by atoms with Crippen LogP contribution in [0.2, 0.25) is 0 Å². The zero-order valence-corrected chi connectivity index (χ0v) is 9.57. The van der Waals surface area contributed by atoms with Crippen LogP contribution in [0.1, 0.15) is 13.3 Å². The molecule has 0 saturated carbocycles. The third kappa shape index (κ3) is 6.18. The normalized spacial score (nSPS) is 13.6. The summed E-state index contributed by atoms with van der Waals surface area (Å²) in [6.45, 7) is 1.61. The van der Waals surface area contributed by atoms with Crippen molar-refractivity contribution >= 4 is 24.3 Å². The monoisotopic (exact) mass is 250 g/mol. The van der Waals surface area contributed by atoms with Gasteiger partial charge >= 0.3 is 0 Å². The van der Waals surface area contributed by atoms with Crippen molar-refractivity contribution in [1.29, 1.82) is 0 Å². The molecule has 0 aromatic rings. The summed E-state index contributed by atoms with van der Waals surface area (Å²) in [6, 6.07) is -0.606. The molecule has 0 N–H and O–H groups in total. The van der Waals surface area contributed by atoms with Crippen molar-refractivity contribution in [3.05, 3.63) is 0 Å². The van der Waals surface area contributed by atoms with Gasteiger partial charge in [-0.3, -0.25) is 0 Å². The molecule has 0 radical (unpaired) electrons. The van der Waals surface area contributed by atoms with Crippen LogP contribution in [-0.2, 0) is 19.2 Å². The second kappa shape index (κ2) is 9.73. The smallest absolute Gasteiger partial charge is 0.211 e. The van der Waals surface area contributed by atoms with Gasteiger partial charge in [-0.05, 0) is 6.42 Å². The minimum atomic E-state index is -0.940. The van der Waals surface area contributed by atoms with E-state index in [1.165, 1.54) is 24.3 Å². The molecule has 0 amide bonds. The van der Waals surface area contributed by atoms with Gasteiger partial charge in [0.15, 0.2) is 6.17 Å². The fourth-order valence-electron chi connectivity index (χ4n) is 1.33. The van der Waals surface area contributed by atoms with E-state index in [0.717, 1.165) is 0 Å². The van der Waals surface area contributed by atoms with Crippen LogP contribution in [0.25, 0.3) is 0 Å². The van der Waals surface area contributed by atoms with E-state index in [2.05, 4.69) is 20.0 Å². The van der Waals surface area contributed by atoms with Crippen LogP contribution in [-0.4, -0.2) is 43.1 Å². The zero-order chi connectivity index (χ0) is 13.8. The molecule has 18 heavy (non-hydrogen) atoms. The fraction of sp³-hybridized carbons (Fsp3) is 0.600. The molecule has 94 valence electrons. The van der Waals surface area contributed by atoms with Gasteiger partial charge in [0.1, 0.15) is 0 Å². The van der Waals surface area contributed by atoms with Crippen molar-refractivity contribution < 1.29 is 19.2 Å². The van der Waals surface area contributed by atoms with Crippen molar-refractivity contribution in [1.82, 2.24) is 0 Å².